The van der Waals surface area contributed by atoms with Gasteiger partial charge in [-0.2, -0.15) is 0 Å². The van der Waals surface area contributed by atoms with E-state index in [0.717, 1.165) is 5.56 Å². The smallest absolute Gasteiger partial charge is 0.345 e. The van der Waals surface area contributed by atoms with E-state index in [4.69, 9.17) is 4.74 Å². The minimum atomic E-state index is -2.30. The number of rotatable bonds is 7. The monoisotopic (exact) mass is 377 g/mol. The molecular weight excluding hydrogens is 357 g/mol. The minimum Gasteiger partial charge on any atom is -0.462 e. The van der Waals surface area contributed by atoms with Crippen LogP contribution in [0, 0.1) is 6.92 Å². The van der Waals surface area contributed by atoms with Gasteiger partial charge in [0, 0.05) is 18.6 Å². The van der Waals surface area contributed by atoms with Crippen LogP contribution < -0.4 is 5.43 Å². The molecule has 2 aromatic heterocycles. The van der Waals surface area contributed by atoms with E-state index in [0.29, 0.717) is 26.0 Å². The third-order valence-corrected chi connectivity index (χ3v) is 6.81. The molecule has 2 aromatic rings. The Morgan fingerprint density at radius 3 is 2.69 bits per heavy atom. The topological polar surface area (TPSA) is 80.2 Å². The molecule has 0 spiro atoms. The molecular formula is C17H20FN5O2S. The lowest BCUT2D eigenvalue weighted by molar-refractivity contribution is -0.137. The number of hydrogen-bond donors (Lipinski definition) is 1. The Bertz CT molecular complexity index is 848. The number of aromatic nitrogens is 3. The summed E-state index contributed by atoms with van der Waals surface area (Å²) in [5.74, 6) is -0.0598. The van der Waals surface area contributed by atoms with Crippen molar-refractivity contribution in [1.29, 1.82) is 0 Å². The van der Waals surface area contributed by atoms with Crippen LogP contribution >= 0.6 is 10.2 Å². The Labute approximate surface area is 152 Å². The molecule has 26 heavy (non-hydrogen) atoms. The number of nitrogens with zero attached hydrogens (tertiary/aromatic N) is 4. The summed E-state index contributed by atoms with van der Waals surface area (Å²) >= 11 is 0. The molecule has 0 aromatic carbocycles. The lowest BCUT2D eigenvalue weighted by Crippen LogP contribution is -2.30. The van der Waals surface area contributed by atoms with Gasteiger partial charge in [-0.3, -0.25) is 4.98 Å². The van der Waals surface area contributed by atoms with Crippen LogP contribution in [0.1, 0.15) is 24.0 Å². The third-order valence-electron chi connectivity index (χ3n) is 3.87. The first-order valence-electron chi connectivity index (χ1n) is 8.06. The van der Waals surface area contributed by atoms with Gasteiger partial charge >= 0.3 is 5.97 Å². The molecule has 1 atom stereocenters. The molecule has 0 aliphatic carbocycles. The quantitative estimate of drug-likeness (QED) is 0.451. The van der Waals surface area contributed by atoms with Gasteiger partial charge in [0.1, 0.15) is 10.7 Å². The number of nitrogens with one attached hydrogen (secondary N) is 1. The first kappa shape index (κ1) is 18.4. The minimum absolute atomic E-state index is 0.102. The van der Waals surface area contributed by atoms with Crippen molar-refractivity contribution in [3.8, 4) is 0 Å². The summed E-state index contributed by atoms with van der Waals surface area (Å²) in [4.78, 5) is 25.7. The summed E-state index contributed by atoms with van der Waals surface area (Å²) in [5.41, 5.74) is 4.21. The van der Waals surface area contributed by atoms with E-state index in [1.807, 2.05) is 19.1 Å². The van der Waals surface area contributed by atoms with Crippen molar-refractivity contribution in [2.24, 2.45) is 0 Å². The maximum absolute atomic E-state index is 15.0. The highest BCUT2D eigenvalue weighted by molar-refractivity contribution is 8.48. The molecule has 1 N–H and O–H groups in total. The van der Waals surface area contributed by atoms with Gasteiger partial charge in [-0.05, 0) is 48.5 Å². The van der Waals surface area contributed by atoms with Crippen molar-refractivity contribution in [1.82, 2.24) is 25.0 Å². The number of halogens is 1. The maximum Gasteiger partial charge on any atom is 0.345 e. The van der Waals surface area contributed by atoms with E-state index < -0.39 is 16.2 Å². The largest absolute Gasteiger partial charge is 0.462 e. The fraction of sp³-hybridized carbons (Fsp3) is 0.294. The van der Waals surface area contributed by atoms with E-state index >= 15 is 0 Å². The molecule has 0 saturated carbocycles. The molecule has 0 amide bonds. The Morgan fingerprint density at radius 1 is 1.31 bits per heavy atom. The molecule has 0 saturated heterocycles. The van der Waals surface area contributed by atoms with Crippen LogP contribution in [-0.4, -0.2) is 38.4 Å². The van der Waals surface area contributed by atoms with Gasteiger partial charge in [0.25, 0.3) is 0 Å². The highest BCUT2D eigenvalue weighted by Crippen LogP contribution is 2.80. The second kappa shape index (κ2) is 7.48. The van der Waals surface area contributed by atoms with Crippen LogP contribution in [0.4, 0.5) is 4.48 Å². The van der Waals surface area contributed by atoms with E-state index in [9.17, 15) is 9.28 Å². The van der Waals surface area contributed by atoms with Crippen molar-refractivity contribution < 1.29 is 14.0 Å². The molecule has 9 heteroatoms. The third kappa shape index (κ3) is 3.46. The lowest BCUT2D eigenvalue weighted by atomic mass is 10.2. The Kier molecular flexibility index (Phi) is 5.30. The van der Waals surface area contributed by atoms with Crippen LogP contribution in [-0.2, 0) is 16.1 Å². The molecule has 1 unspecified atom stereocenters. The number of hydrogen-bond acceptors (Lipinski definition) is 7. The summed E-state index contributed by atoms with van der Waals surface area (Å²) in [6, 6.07) is 5.37. The molecule has 3 heterocycles. The van der Waals surface area contributed by atoms with Gasteiger partial charge in [-0.1, -0.05) is 10.2 Å². The predicted molar refractivity (Wildman–Crippen MR) is 97.9 cm³/mol. The molecule has 138 valence electrons. The Balaban J connectivity index is 1.83. The Morgan fingerprint density at radius 2 is 2.04 bits per heavy atom. The van der Waals surface area contributed by atoms with Gasteiger partial charge in [-0.25, -0.2) is 20.2 Å². The fourth-order valence-corrected chi connectivity index (χ4v) is 5.22. The molecule has 0 bridgehead atoms. The van der Waals surface area contributed by atoms with Crippen LogP contribution in [0.5, 0.6) is 0 Å². The summed E-state index contributed by atoms with van der Waals surface area (Å²) in [5, 5.41) is 0. The molecule has 7 nitrogen and oxygen atoms in total. The van der Waals surface area contributed by atoms with Crippen molar-refractivity contribution in [2.45, 2.75) is 20.4 Å². The van der Waals surface area contributed by atoms with Crippen molar-refractivity contribution in [3.05, 3.63) is 58.8 Å². The van der Waals surface area contributed by atoms with Crippen molar-refractivity contribution in [3.63, 3.8) is 0 Å². The van der Waals surface area contributed by atoms with Gasteiger partial charge < -0.3 is 4.74 Å². The SMILES string of the molecule is CCOC(=O)C1=C(c2cc(C)ccn2)S1(C)N(F)NCc1ncccn1. The van der Waals surface area contributed by atoms with E-state index in [1.54, 1.807) is 37.8 Å². The second-order valence-electron chi connectivity index (χ2n) is 5.72. The van der Waals surface area contributed by atoms with Crippen molar-refractivity contribution in [2.75, 3.05) is 12.9 Å². The zero-order chi connectivity index (χ0) is 18.7. The summed E-state index contributed by atoms with van der Waals surface area (Å²) < 4.78 is 20.6. The van der Waals surface area contributed by atoms with Gasteiger partial charge in [-0.15, -0.1) is 4.48 Å². The molecule has 3 rings (SSSR count). The molecule has 0 fully saturated rings. The van der Waals surface area contributed by atoms with E-state index in [2.05, 4.69) is 20.4 Å². The van der Waals surface area contributed by atoms with Crippen molar-refractivity contribution >= 4 is 21.1 Å². The van der Waals surface area contributed by atoms with Gasteiger partial charge in [0.15, 0.2) is 0 Å². The average Bonchev–Trinajstić information content (AvgIpc) is 3.28. The maximum atomic E-state index is 15.0. The standard InChI is InChI=1S/C17H20FN5O2S/c1-4-25-17(24)16-15(13-10-12(2)6-9-19-13)26(16,3)23(18)22-11-14-20-7-5-8-21-14/h5-10,22H,4,11H2,1-3H3. The molecule has 0 radical (unpaired) electrons. The van der Waals surface area contributed by atoms with E-state index in [-0.39, 0.29) is 13.2 Å². The number of carbonyl (C=O) groups is 1. The second-order valence-corrected chi connectivity index (χ2v) is 8.61. The average molecular weight is 377 g/mol. The fourth-order valence-electron chi connectivity index (χ4n) is 2.56. The number of aryl methyl sites for hydroxylation is 1. The molecule has 1 aliphatic heterocycles. The summed E-state index contributed by atoms with van der Waals surface area (Å²) in [6.07, 6.45) is 6.51. The first-order valence-corrected chi connectivity index (χ1v) is 10.1. The number of pyridine rings is 1. The first-order chi connectivity index (χ1) is 12.5. The normalized spacial score (nSPS) is 21.4. The van der Waals surface area contributed by atoms with Gasteiger partial charge in [0.05, 0.1) is 23.8 Å². The number of esters is 1. The van der Waals surface area contributed by atoms with Crippen LogP contribution in [0.2, 0.25) is 0 Å². The van der Waals surface area contributed by atoms with Crippen LogP contribution in [0.25, 0.3) is 4.91 Å². The molecule has 1 aliphatic rings. The predicted octanol–water partition coefficient (Wildman–Crippen LogP) is 2.67. The number of hydrazine groups is 1. The number of ether oxygens (including phenoxy) is 1. The summed E-state index contributed by atoms with van der Waals surface area (Å²) in [7, 11) is -2.30. The zero-order valence-electron chi connectivity index (χ0n) is 14.8. The van der Waals surface area contributed by atoms with E-state index in [1.165, 1.54) is 0 Å². The van der Waals surface area contributed by atoms with Crippen LogP contribution in [0.3, 0.4) is 0 Å². The summed E-state index contributed by atoms with van der Waals surface area (Å²) in [6.45, 7) is 3.97. The van der Waals surface area contributed by atoms with Gasteiger partial charge in [0.2, 0.25) is 0 Å². The Hall–Kier alpha value is -2.36. The lowest BCUT2D eigenvalue weighted by Gasteiger charge is -2.26. The highest BCUT2D eigenvalue weighted by atomic mass is 32.3. The highest BCUT2D eigenvalue weighted by Gasteiger charge is 2.56. The number of carbonyl (C=O) groups excluding carboxylic acids is 1. The van der Waals surface area contributed by atoms with Crippen LogP contribution in [0.15, 0.2) is 41.7 Å². The zero-order valence-corrected chi connectivity index (χ0v) is 15.6.